The van der Waals surface area contributed by atoms with Gasteiger partial charge in [-0.15, -0.1) is 6.58 Å². The Kier molecular flexibility index (Phi) is 7.87. The summed E-state index contributed by atoms with van der Waals surface area (Å²) in [6, 6.07) is 12.1. The van der Waals surface area contributed by atoms with E-state index in [0.29, 0.717) is 47.9 Å². The standard InChI is InChI=1S/C23H24N2O4/c1-4-7-17-12-16(14-21(22(17)26)29-6-3)13-18(15-24)23(27)25-19-8-10-20(11-9-19)28-5-2/h4,8-14,26H,1,5-7H2,2-3H3,(H,25,27)/b18-13-. The Morgan fingerprint density at radius 1 is 1.21 bits per heavy atom. The van der Waals surface area contributed by atoms with Crippen molar-refractivity contribution in [1.29, 1.82) is 5.26 Å². The van der Waals surface area contributed by atoms with Gasteiger partial charge in [-0.1, -0.05) is 6.08 Å². The Morgan fingerprint density at radius 3 is 2.48 bits per heavy atom. The number of carbonyl (C=O) groups excluding carboxylic acids is 1. The zero-order valence-corrected chi connectivity index (χ0v) is 16.6. The zero-order chi connectivity index (χ0) is 21.2. The number of phenolic OH excluding ortho intramolecular Hbond substituents is 1. The molecule has 2 rings (SSSR count). The van der Waals surface area contributed by atoms with Crippen LogP contribution in [0.25, 0.3) is 6.08 Å². The Morgan fingerprint density at radius 2 is 1.90 bits per heavy atom. The van der Waals surface area contributed by atoms with Gasteiger partial charge in [0.15, 0.2) is 11.5 Å². The summed E-state index contributed by atoms with van der Waals surface area (Å²) >= 11 is 0. The first-order chi connectivity index (χ1) is 14.0. The molecule has 0 fully saturated rings. The summed E-state index contributed by atoms with van der Waals surface area (Å²) in [5.74, 6) is 0.486. The number of hydrogen-bond donors (Lipinski definition) is 2. The summed E-state index contributed by atoms with van der Waals surface area (Å²) in [4.78, 5) is 12.5. The Hall–Kier alpha value is -3.72. The lowest BCUT2D eigenvalue weighted by atomic mass is 10.0. The average molecular weight is 392 g/mol. The molecule has 0 aromatic heterocycles. The molecule has 29 heavy (non-hydrogen) atoms. The van der Waals surface area contributed by atoms with E-state index in [0.717, 1.165) is 0 Å². The summed E-state index contributed by atoms with van der Waals surface area (Å²) in [5.41, 5.74) is 1.65. The second kappa shape index (κ2) is 10.6. The van der Waals surface area contributed by atoms with Crippen molar-refractivity contribution >= 4 is 17.7 Å². The largest absolute Gasteiger partial charge is 0.504 e. The third-order valence-electron chi connectivity index (χ3n) is 3.94. The maximum absolute atomic E-state index is 12.5. The zero-order valence-electron chi connectivity index (χ0n) is 16.6. The number of carbonyl (C=O) groups is 1. The van der Waals surface area contributed by atoms with E-state index in [4.69, 9.17) is 9.47 Å². The highest BCUT2D eigenvalue weighted by molar-refractivity contribution is 6.09. The smallest absolute Gasteiger partial charge is 0.266 e. The average Bonchev–Trinajstić information content (AvgIpc) is 2.71. The number of phenols is 1. The van der Waals surface area contributed by atoms with Crippen molar-refractivity contribution < 1.29 is 19.4 Å². The van der Waals surface area contributed by atoms with Gasteiger partial charge in [0.25, 0.3) is 5.91 Å². The molecule has 0 unspecified atom stereocenters. The first-order valence-electron chi connectivity index (χ1n) is 9.27. The molecule has 150 valence electrons. The number of amides is 1. The van der Waals surface area contributed by atoms with Crippen molar-refractivity contribution in [2.45, 2.75) is 20.3 Å². The van der Waals surface area contributed by atoms with E-state index in [1.54, 1.807) is 49.4 Å². The highest BCUT2D eigenvalue weighted by Gasteiger charge is 2.13. The minimum atomic E-state index is -0.534. The third kappa shape index (κ3) is 5.88. The number of ether oxygens (including phenoxy) is 2. The van der Waals surface area contributed by atoms with Gasteiger partial charge in [0.05, 0.1) is 13.2 Å². The van der Waals surface area contributed by atoms with Crippen molar-refractivity contribution in [2.75, 3.05) is 18.5 Å². The first-order valence-corrected chi connectivity index (χ1v) is 9.27. The van der Waals surface area contributed by atoms with Crippen LogP contribution in [0.5, 0.6) is 17.2 Å². The summed E-state index contributed by atoms with van der Waals surface area (Å²) in [5, 5.41) is 22.4. The summed E-state index contributed by atoms with van der Waals surface area (Å²) < 4.78 is 10.8. The molecule has 0 aliphatic rings. The third-order valence-corrected chi connectivity index (χ3v) is 3.94. The lowest BCUT2D eigenvalue weighted by molar-refractivity contribution is -0.112. The van der Waals surface area contributed by atoms with Crippen molar-refractivity contribution in [3.05, 3.63) is 65.8 Å². The SMILES string of the molecule is C=CCc1cc(/C=C(/C#N)C(=O)Nc2ccc(OCC)cc2)cc(OCC)c1O. The van der Waals surface area contributed by atoms with Gasteiger partial charge in [-0.2, -0.15) is 5.26 Å². The van der Waals surface area contributed by atoms with Gasteiger partial charge in [0.1, 0.15) is 17.4 Å². The molecule has 0 spiro atoms. The molecule has 0 radical (unpaired) electrons. The van der Waals surface area contributed by atoms with Gasteiger partial charge in [-0.25, -0.2) is 0 Å². The monoisotopic (exact) mass is 392 g/mol. The minimum absolute atomic E-state index is 0.0289. The van der Waals surface area contributed by atoms with E-state index in [1.807, 2.05) is 13.0 Å². The minimum Gasteiger partial charge on any atom is -0.504 e. The Labute approximate surface area is 170 Å². The summed E-state index contributed by atoms with van der Waals surface area (Å²) in [6.07, 6.45) is 3.54. The lowest BCUT2D eigenvalue weighted by Crippen LogP contribution is -2.13. The molecule has 6 heteroatoms. The van der Waals surface area contributed by atoms with E-state index >= 15 is 0 Å². The second-order valence-electron chi connectivity index (χ2n) is 6.03. The van der Waals surface area contributed by atoms with E-state index in [9.17, 15) is 15.2 Å². The topological polar surface area (TPSA) is 91.6 Å². The van der Waals surface area contributed by atoms with Gasteiger partial charge in [0.2, 0.25) is 0 Å². The van der Waals surface area contributed by atoms with Crippen LogP contribution in [0.2, 0.25) is 0 Å². The summed E-state index contributed by atoms with van der Waals surface area (Å²) in [7, 11) is 0. The number of anilines is 1. The van der Waals surface area contributed by atoms with E-state index < -0.39 is 5.91 Å². The van der Waals surface area contributed by atoms with E-state index in [-0.39, 0.29) is 11.3 Å². The molecular weight excluding hydrogens is 368 g/mol. The Balaban J connectivity index is 2.28. The van der Waals surface area contributed by atoms with Crippen LogP contribution >= 0.6 is 0 Å². The molecule has 2 aromatic carbocycles. The van der Waals surface area contributed by atoms with Crippen LogP contribution in [0.4, 0.5) is 5.69 Å². The predicted molar refractivity (Wildman–Crippen MR) is 113 cm³/mol. The van der Waals surface area contributed by atoms with Crippen molar-refractivity contribution in [3.63, 3.8) is 0 Å². The quantitative estimate of drug-likeness (QED) is 0.373. The predicted octanol–water partition coefficient (Wildman–Crippen LogP) is 4.46. The normalized spacial score (nSPS) is 10.7. The van der Waals surface area contributed by atoms with Crippen LogP contribution in [0.15, 0.2) is 54.6 Å². The number of rotatable bonds is 9. The van der Waals surface area contributed by atoms with E-state index in [2.05, 4.69) is 11.9 Å². The molecule has 0 bridgehead atoms. The molecule has 0 saturated carbocycles. The molecule has 0 heterocycles. The van der Waals surface area contributed by atoms with Crippen LogP contribution in [0, 0.1) is 11.3 Å². The number of nitriles is 1. The number of nitrogens with one attached hydrogen (secondary N) is 1. The number of nitrogens with zero attached hydrogens (tertiary/aromatic N) is 1. The first kappa shape index (κ1) is 21.6. The van der Waals surface area contributed by atoms with Crippen molar-refractivity contribution in [1.82, 2.24) is 0 Å². The molecule has 0 saturated heterocycles. The van der Waals surface area contributed by atoms with E-state index in [1.165, 1.54) is 6.08 Å². The highest BCUT2D eigenvalue weighted by atomic mass is 16.5. The van der Waals surface area contributed by atoms with Crippen LogP contribution in [0.1, 0.15) is 25.0 Å². The molecule has 2 aromatic rings. The Bertz CT molecular complexity index is 941. The molecule has 0 atom stereocenters. The molecule has 0 aliphatic carbocycles. The maximum atomic E-state index is 12.5. The van der Waals surface area contributed by atoms with Crippen LogP contribution in [0.3, 0.4) is 0 Å². The van der Waals surface area contributed by atoms with Crippen LogP contribution in [-0.4, -0.2) is 24.2 Å². The fraction of sp³-hybridized carbons (Fsp3) is 0.217. The maximum Gasteiger partial charge on any atom is 0.266 e. The summed E-state index contributed by atoms with van der Waals surface area (Å²) in [6.45, 7) is 8.30. The van der Waals surface area contributed by atoms with Gasteiger partial charge in [0, 0.05) is 11.3 Å². The number of benzene rings is 2. The number of allylic oxidation sites excluding steroid dienone is 1. The number of aromatic hydroxyl groups is 1. The van der Waals surface area contributed by atoms with Gasteiger partial charge < -0.3 is 19.9 Å². The van der Waals surface area contributed by atoms with Gasteiger partial charge >= 0.3 is 0 Å². The fourth-order valence-corrected chi connectivity index (χ4v) is 2.66. The molecule has 6 nitrogen and oxygen atoms in total. The van der Waals surface area contributed by atoms with Gasteiger partial charge in [-0.3, -0.25) is 4.79 Å². The highest BCUT2D eigenvalue weighted by Crippen LogP contribution is 2.33. The fourth-order valence-electron chi connectivity index (χ4n) is 2.66. The van der Waals surface area contributed by atoms with Crippen molar-refractivity contribution in [2.24, 2.45) is 0 Å². The molecule has 2 N–H and O–H groups in total. The molecule has 0 aliphatic heterocycles. The van der Waals surface area contributed by atoms with Crippen molar-refractivity contribution in [3.8, 4) is 23.3 Å². The number of hydrogen-bond acceptors (Lipinski definition) is 5. The van der Waals surface area contributed by atoms with Gasteiger partial charge in [-0.05, 0) is 68.3 Å². The lowest BCUT2D eigenvalue weighted by Gasteiger charge is -2.11. The molecule has 1 amide bonds. The second-order valence-corrected chi connectivity index (χ2v) is 6.03. The molecular formula is C23H24N2O4. The van der Waals surface area contributed by atoms with Crippen LogP contribution in [-0.2, 0) is 11.2 Å². The van der Waals surface area contributed by atoms with Crippen LogP contribution < -0.4 is 14.8 Å².